The van der Waals surface area contributed by atoms with Crippen LogP contribution in [0.15, 0.2) is 12.3 Å². The summed E-state index contributed by atoms with van der Waals surface area (Å²) >= 11 is 0. The predicted molar refractivity (Wildman–Crippen MR) is 61.9 cm³/mol. The molecular weight excluding hydrogens is 226 g/mol. The Kier molecular flexibility index (Phi) is 4.80. The fourth-order valence-corrected chi connectivity index (χ4v) is 1.29. The van der Waals surface area contributed by atoms with Crippen molar-refractivity contribution < 1.29 is 14.4 Å². The van der Waals surface area contributed by atoms with E-state index in [9.17, 15) is 10.1 Å². The van der Waals surface area contributed by atoms with Gasteiger partial charge in [-0.1, -0.05) is 0 Å². The van der Waals surface area contributed by atoms with Crippen molar-refractivity contribution in [3.8, 4) is 0 Å². The van der Waals surface area contributed by atoms with Crippen molar-refractivity contribution in [2.24, 2.45) is 0 Å². The minimum Gasteiger partial charge on any atom is -0.365 e. The van der Waals surface area contributed by atoms with Gasteiger partial charge >= 0.3 is 0 Å². The number of rotatable bonds is 6. The molecule has 17 heavy (non-hydrogen) atoms. The molecular formula is C10H15N3O4. The van der Waals surface area contributed by atoms with E-state index in [1.807, 2.05) is 0 Å². The summed E-state index contributed by atoms with van der Waals surface area (Å²) in [7, 11) is 3.07. The molecule has 1 N–H and O–H groups in total. The van der Waals surface area contributed by atoms with Crippen LogP contribution in [0, 0.1) is 17.0 Å². The minimum absolute atomic E-state index is 0.0249. The quantitative estimate of drug-likeness (QED) is 0.459. The van der Waals surface area contributed by atoms with E-state index < -0.39 is 4.92 Å². The van der Waals surface area contributed by atoms with Gasteiger partial charge in [-0.3, -0.25) is 10.1 Å². The first-order chi connectivity index (χ1) is 8.08. The van der Waals surface area contributed by atoms with Crippen LogP contribution in [0.4, 0.5) is 11.5 Å². The lowest BCUT2D eigenvalue weighted by atomic mass is 10.2. The van der Waals surface area contributed by atoms with Gasteiger partial charge < -0.3 is 14.8 Å². The lowest BCUT2D eigenvalue weighted by Gasteiger charge is -2.15. The molecule has 0 unspecified atom stereocenters. The van der Waals surface area contributed by atoms with Crippen LogP contribution in [0.25, 0.3) is 0 Å². The summed E-state index contributed by atoms with van der Waals surface area (Å²) in [6, 6.07) is 1.46. The van der Waals surface area contributed by atoms with E-state index >= 15 is 0 Å². The number of nitro groups is 1. The van der Waals surface area contributed by atoms with Crippen molar-refractivity contribution in [1.82, 2.24) is 4.98 Å². The maximum atomic E-state index is 10.5. The SMILES string of the molecule is COC(CNc1ncc([N+](=O)[O-])cc1C)OC. The molecule has 7 heteroatoms. The number of pyridine rings is 1. The van der Waals surface area contributed by atoms with Crippen LogP contribution >= 0.6 is 0 Å². The van der Waals surface area contributed by atoms with Crippen LogP contribution in [0.5, 0.6) is 0 Å². The van der Waals surface area contributed by atoms with Crippen molar-refractivity contribution in [2.75, 3.05) is 26.1 Å². The highest BCUT2D eigenvalue weighted by molar-refractivity contribution is 5.48. The Labute approximate surface area is 98.9 Å². The first-order valence-corrected chi connectivity index (χ1v) is 4.99. The standard InChI is InChI=1S/C10H15N3O4/c1-7-4-8(13(14)15)5-11-10(7)12-6-9(16-2)17-3/h4-5,9H,6H2,1-3H3,(H,11,12). The molecule has 0 aliphatic heterocycles. The summed E-state index contributed by atoms with van der Waals surface area (Å²) in [4.78, 5) is 14.0. The van der Waals surface area contributed by atoms with Gasteiger partial charge in [-0.15, -0.1) is 0 Å². The monoisotopic (exact) mass is 241 g/mol. The van der Waals surface area contributed by atoms with Gasteiger partial charge in [0, 0.05) is 20.3 Å². The van der Waals surface area contributed by atoms with Gasteiger partial charge in [0.2, 0.25) is 0 Å². The molecule has 1 heterocycles. The van der Waals surface area contributed by atoms with E-state index in [-0.39, 0.29) is 12.0 Å². The molecule has 0 aromatic carbocycles. The van der Waals surface area contributed by atoms with Gasteiger partial charge in [-0.05, 0) is 12.5 Å². The number of nitrogens with zero attached hydrogens (tertiary/aromatic N) is 2. The highest BCUT2D eigenvalue weighted by Gasteiger charge is 2.11. The zero-order chi connectivity index (χ0) is 12.8. The van der Waals surface area contributed by atoms with Gasteiger partial charge in [0.15, 0.2) is 6.29 Å². The van der Waals surface area contributed by atoms with E-state index in [0.29, 0.717) is 17.9 Å². The highest BCUT2D eigenvalue weighted by atomic mass is 16.7. The smallest absolute Gasteiger partial charge is 0.287 e. The van der Waals surface area contributed by atoms with Crippen molar-refractivity contribution in [3.63, 3.8) is 0 Å². The number of aromatic nitrogens is 1. The zero-order valence-electron chi connectivity index (χ0n) is 9.97. The van der Waals surface area contributed by atoms with E-state index in [1.165, 1.54) is 26.5 Å². The molecule has 1 rings (SSSR count). The number of hydrogen-bond donors (Lipinski definition) is 1. The van der Waals surface area contributed by atoms with Crippen LogP contribution in [0.2, 0.25) is 0 Å². The Morgan fingerprint density at radius 1 is 1.53 bits per heavy atom. The van der Waals surface area contributed by atoms with Crippen molar-refractivity contribution in [3.05, 3.63) is 27.9 Å². The number of anilines is 1. The number of nitrogens with one attached hydrogen (secondary N) is 1. The summed E-state index contributed by atoms with van der Waals surface area (Å²) in [5.74, 6) is 0.578. The Bertz CT molecular complexity index is 393. The van der Waals surface area contributed by atoms with Gasteiger partial charge in [0.25, 0.3) is 5.69 Å². The summed E-state index contributed by atoms with van der Waals surface area (Å²) in [6.07, 6.45) is 0.829. The Hall–Kier alpha value is -1.73. The molecule has 1 aromatic rings. The Balaban J connectivity index is 2.69. The molecule has 94 valence electrons. The molecule has 0 saturated heterocycles. The fraction of sp³-hybridized carbons (Fsp3) is 0.500. The predicted octanol–water partition coefficient (Wildman–Crippen LogP) is 1.33. The van der Waals surface area contributed by atoms with E-state index in [4.69, 9.17) is 9.47 Å². The summed E-state index contributed by atoms with van der Waals surface area (Å²) in [5.41, 5.74) is 0.674. The third kappa shape index (κ3) is 3.65. The highest BCUT2D eigenvalue weighted by Crippen LogP contribution is 2.17. The molecule has 0 bridgehead atoms. The maximum absolute atomic E-state index is 10.5. The summed E-state index contributed by atoms with van der Waals surface area (Å²) in [6.45, 7) is 2.16. The Morgan fingerprint density at radius 3 is 2.65 bits per heavy atom. The van der Waals surface area contributed by atoms with E-state index in [0.717, 1.165) is 0 Å². The second-order valence-electron chi connectivity index (χ2n) is 3.40. The zero-order valence-corrected chi connectivity index (χ0v) is 9.97. The first-order valence-electron chi connectivity index (χ1n) is 4.99. The first kappa shape index (κ1) is 13.3. The lowest BCUT2D eigenvalue weighted by molar-refractivity contribution is -0.385. The molecule has 0 aliphatic carbocycles. The molecule has 1 aromatic heterocycles. The average molecular weight is 241 g/mol. The largest absolute Gasteiger partial charge is 0.365 e. The van der Waals surface area contributed by atoms with E-state index in [1.54, 1.807) is 6.92 Å². The number of ether oxygens (including phenoxy) is 2. The van der Waals surface area contributed by atoms with Crippen LogP contribution in [0.1, 0.15) is 5.56 Å². The van der Waals surface area contributed by atoms with Crippen molar-refractivity contribution >= 4 is 11.5 Å². The van der Waals surface area contributed by atoms with Gasteiger partial charge in [-0.2, -0.15) is 0 Å². The fourth-order valence-electron chi connectivity index (χ4n) is 1.29. The van der Waals surface area contributed by atoms with Crippen LogP contribution in [-0.2, 0) is 9.47 Å². The Morgan fingerprint density at radius 2 is 2.18 bits per heavy atom. The molecule has 7 nitrogen and oxygen atoms in total. The molecule has 0 amide bonds. The second kappa shape index (κ2) is 6.12. The number of hydrogen-bond acceptors (Lipinski definition) is 6. The molecule has 0 aliphatic rings. The van der Waals surface area contributed by atoms with Crippen LogP contribution < -0.4 is 5.32 Å². The molecule has 0 spiro atoms. The van der Waals surface area contributed by atoms with Crippen molar-refractivity contribution in [1.29, 1.82) is 0 Å². The summed E-state index contributed by atoms with van der Waals surface area (Å²) < 4.78 is 10.0. The molecule has 0 fully saturated rings. The van der Waals surface area contributed by atoms with Crippen molar-refractivity contribution in [2.45, 2.75) is 13.2 Å². The topological polar surface area (TPSA) is 86.5 Å². The third-order valence-corrected chi connectivity index (χ3v) is 2.24. The van der Waals surface area contributed by atoms with E-state index in [2.05, 4.69) is 10.3 Å². The summed E-state index contributed by atoms with van der Waals surface area (Å²) in [5, 5.41) is 13.5. The molecule has 0 saturated carbocycles. The molecule has 0 atom stereocenters. The normalized spacial score (nSPS) is 10.6. The second-order valence-corrected chi connectivity index (χ2v) is 3.40. The maximum Gasteiger partial charge on any atom is 0.287 e. The number of aryl methyl sites for hydroxylation is 1. The third-order valence-electron chi connectivity index (χ3n) is 2.24. The molecule has 0 radical (unpaired) electrons. The lowest BCUT2D eigenvalue weighted by Crippen LogP contribution is -2.24. The van der Waals surface area contributed by atoms with Gasteiger partial charge in [-0.25, -0.2) is 4.98 Å². The minimum atomic E-state index is -0.475. The average Bonchev–Trinajstić information content (AvgIpc) is 2.31. The van der Waals surface area contributed by atoms with Gasteiger partial charge in [0.05, 0.1) is 11.5 Å². The van der Waals surface area contributed by atoms with Gasteiger partial charge in [0.1, 0.15) is 12.0 Å². The van der Waals surface area contributed by atoms with Crippen LogP contribution in [0.3, 0.4) is 0 Å². The van der Waals surface area contributed by atoms with Crippen LogP contribution in [-0.4, -0.2) is 37.0 Å². The number of methoxy groups -OCH3 is 2.